The van der Waals surface area contributed by atoms with Gasteiger partial charge >= 0.3 is 12.4 Å². The molecule has 0 aliphatic carbocycles. The zero-order valence-electron chi connectivity index (χ0n) is 14.4. The third-order valence-electron chi connectivity index (χ3n) is 4.73. The minimum Gasteiger partial charge on any atom is -0.307 e. The molecule has 1 heterocycles. The Morgan fingerprint density at radius 2 is 1.41 bits per heavy atom. The highest BCUT2D eigenvalue weighted by atomic mass is 19.4. The molecule has 2 aromatic carbocycles. The molecule has 0 spiro atoms. The van der Waals surface area contributed by atoms with E-state index in [1.54, 1.807) is 30.1 Å². The van der Waals surface area contributed by atoms with E-state index in [9.17, 15) is 26.3 Å². The number of likely N-dealkylation sites (N-methyl/N-ethyl adjacent to an activating group) is 1. The smallest absolute Gasteiger partial charge is 0.307 e. The van der Waals surface area contributed by atoms with Gasteiger partial charge in [-0.15, -0.1) is 0 Å². The van der Waals surface area contributed by atoms with Crippen molar-refractivity contribution in [2.75, 3.05) is 20.1 Å². The normalized spacial score (nSPS) is 22.0. The quantitative estimate of drug-likeness (QED) is 0.725. The molecule has 1 fully saturated rings. The molecule has 1 N–H and O–H groups in total. The van der Waals surface area contributed by atoms with Gasteiger partial charge in [-0.1, -0.05) is 30.3 Å². The summed E-state index contributed by atoms with van der Waals surface area (Å²) in [5.41, 5.74) is -1.79. The molecule has 0 bridgehead atoms. The second kappa shape index (κ2) is 7.16. The fourth-order valence-corrected chi connectivity index (χ4v) is 3.46. The third kappa shape index (κ3) is 4.27. The molecule has 0 saturated carbocycles. The van der Waals surface area contributed by atoms with E-state index in [0.717, 1.165) is 17.7 Å². The van der Waals surface area contributed by atoms with Crippen molar-refractivity contribution in [3.63, 3.8) is 0 Å². The van der Waals surface area contributed by atoms with Crippen LogP contribution in [0.15, 0.2) is 48.5 Å². The fourth-order valence-electron chi connectivity index (χ4n) is 3.46. The number of hydrogen-bond acceptors (Lipinski definition) is 2. The van der Waals surface area contributed by atoms with Crippen LogP contribution < -0.4 is 5.32 Å². The summed E-state index contributed by atoms with van der Waals surface area (Å²) in [6.07, 6.45) is -9.72. The molecule has 3 rings (SSSR count). The largest absolute Gasteiger partial charge is 0.416 e. The lowest BCUT2D eigenvalue weighted by Gasteiger charge is -2.41. The standard InChI is InChI=1S/C19H18F6N2/c1-27-8-7-26-16(12-5-3-2-4-6-12)17(27)13-9-14(18(20,21)22)11-15(10-13)19(23,24)25/h2-6,9-11,16-17,26H,7-8H2,1H3. The molecule has 146 valence electrons. The lowest BCUT2D eigenvalue weighted by molar-refractivity contribution is -0.143. The molecule has 2 aromatic rings. The van der Waals surface area contributed by atoms with E-state index < -0.39 is 35.6 Å². The third-order valence-corrected chi connectivity index (χ3v) is 4.73. The van der Waals surface area contributed by atoms with E-state index in [0.29, 0.717) is 13.1 Å². The zero-order valence-corrected chi connectivity index (χ0v) is 14.4. The van der Waals surface area contributed by atoms with Crippen LogP contribution in [-0.2, 0) is 12.4 Å². The Bertz CT molecular complexity index is 753. The predicted molar refractivity (Wildman–Crippen MR) is 89.0 cm³/mol. The Morgan fingerprint density at radius 1 is 0.852 bits per heavy atom. The lowest BCUT2D eigenvalue weighted by Crippen LogP contribution is -2.46. The molecule has 0 amide bonds. The van der Waals surface area contributed by atoms with Crippen LogP contribution in [0.5, 0.6) is 0 Å². The maximum atomic E-state index is 13.2. The van der Waals surface area contributed by atoms with Crippen molar-refractivity contribution in [3.05, 3.63) is 70.8 Å². The molecule has 1 aliphatic heterocycles. The summed E-state index contributed by atoms with van der Waals surface area (Å²) in [5.74, 6) is 0. The molecule has 1 aliphatic rings. The number of halogens is 6. The first kappa shape index (κ1) is 19.7. The van der Waals surface area contributed by atoms with Gasteiger partial charge in [0.25, 0.3) is 0 Å². The SMILES string of the molecule is CN1CCNC(c2ccccc2)C1c1cc(C(F)(F)F)cc(C(F)(F)F)c1. The highest BCUT2D eigenvalue weighted by molar-refractivity contribution is 5.37. The van der Waals surface area contributed by atoms with E-state index in [1.165, 1.54) is 0 Å². The molecule has 2 atom stereocenters. The number of alkyl halides is 6. The summed E-state index contributed by atoms with van der Waals surface area (Å²) in [6.45, 7) is 1.09. The first-order chi connectivity index (χ1) is 12.6. The van der Waals surface area contributed by atoms with Gasteiger partial charge in [0, 0.05) is 13.1 Å². The van der Waals surface area contributed by atoms with Crippen molar-refractivity contribution >= 4 is 0 Å². The van der Waals surface area contributed by atoms with Crippen molar-refractivity contribution < 1.29 is 26.3 Å². The second-order valence-corrected chi connectivity index (χ2v) is 6.61. The van der Waals surface area contributed by atoms with Crippen LogP contribution in [0, 0.1) is 0 Å². The molecule has 0 aromatic heterocycles. The molecule has 27 heavy (non-hydrogen) atoms. The molecule has 2 nitrogen and oxygen atoms in total. The predicted octanol–water partition coefficient (Wildman–Crippen LogP) is 5.04. The average Bonchev–Trinajstić information content (AvgIpc) is 2.60. The van der Waals surface area contributed by atoms with Crippen LogP contribution in [0.2, 0.25) is 0 Å². The van der Waals surface area contributed by atoms with Crippen LogP contribution in [-0.4, -0.2) is 25.0 Å². The summed E-state index contributed by atoms with van der Waals surface area (Å²) in [4.78, 5) is 1.78. The number of benzene rings is 2. The summed E-state index contributed by atoms with van der Waals surface area (Å²) in [5, 5.41) is 3.23. The van der Waals surface area contributed by atoms with Gasteiger partial charge in [0.1, 0.15) is 0 Å². The topological polar surface area (TPSA) is 15.3 Å². The van der Waals surface area contributed by atoms with Gasteiger partial charge < -0.3 is 5.32 Å². The molecule has 8 heteroatoms. The summed E-state index contributed by atoms with van der Waals surface area (Å²) < 4.78 is 79.3. The van der Waals surface area contributed by atoms with Gasteiger partial charge in [-0.3, -0.25) is 4.90 Å². The molecule has 2 unspecified atom stereocenters. The maximum Gasteiger partial charge on any atom is 0.416 e. The van der Waals surface area contributed by atoms with Crippen LogP contribution in [0.1, 0.15) is 34.3 Å². The molecular weight excluding hydrogens is 370 g/mol. The fraction of sp³-hybridized carbons (Fsp3) is 0.368. The van der Waals surface area contributed by atoms with Crippen molar-refractivity contribution in [2.45, 2.75) is 24.4 Å². The molecule has 0 radical (unpaired) electrons. The first-order valence-corrected chi connectivity index (χ1v) is 8.35. The zero-order chi connectivity index (χ0) is 19.8. The van der Waals surface area contributed by atoms with E-state index in [-0.39, 0.29) is 11.6 Å². The van der Waals surface area contributed by atoms with Crippen LogP contribution >= 0.6 is 0 Å². The van der Waals surface area contributed by atoms with Gasteiger partial charge in [-0.25, -0.2) is 0 Å². The Balaban J connectivity index is 2.13. The molecule has 1 saturated heterocycles. The highest BCUT2D eigenvalue weighted by Gasteiger charge is 2.39. The number of rotatable bonds is 2. The Morgan fingerprint density at radius 3 is 1.93 bits per heavy atom. The lowest BCUT2D eigenvalue weighted by atomic mass is 9.88. The minimum absolute atomic E-state index is 0.0132. The number of nitrogens with zero attached hydrogens (tertiary/aromatic N) is 1. The first-order valence-electron chi connectivity index (χ1n) is 8.35. The maximum absolute atomic E-state index is 13.2. The van der Waals surface area contributed by atoms with Gasteiger partial charge in [0.15, 0.2) is 0 Å². The van der Waals surface area contributed by atoms with Crippen LogP contribution in [0.25, 0.3) is 0 Å². The van der Waals surface area contributed by atoms with Crippen LogP contribution in [0.4, 0.5) is 26.3 Å². The van der Waals surface area contributed by atoms with Gasteiger partial charge in [-0.05, 0) is 36.4 Å². The van der Waals surface area contributed by atoms with Gasteiger partial charge in [-0.2, -0.15) is 26.3 Å². The van der Waals surface area contributed by atoms with Crippen molar-refractivity contribution in [3.8, 4) is 0 Å². The number of nitrogens with one attached hydrogen (secondary N) is 1. The number of piperazine rings is 1. The monoisotopic (exact) mass is 388 g/mol. The number of hydrogen-bond donors (Lipinski definition) is 1. The van der Waals surface area contributed by atoms with E-state index in [2.05, 4.69) is 5.32 Å². The average molecular weight is 388 g/mol. The van der Waals surface area contributed by atoms with E-state index in [4.69, 9.17) is 0 Å². The summed E-state index contributed by atoms with van der Waals surface area (Å²) >= 11 is 0. The van der Waals surface area contributed by atoms with Gasteiger partial charge in [0.05, 0.1) is 23.2 Å². The molecular formula is C19H18F6N2. The van der Waals surface area contributed by atoms with Crippen molar-refractivity contribution in [1.29, 1.82) is 0 Å². The van der Waals surface area contributed by atoms with Crippen molar-refractivity contribution in [2.24, 2.45) is 0 Å². The minimum atomic E-state index is -4.86. The second-order valence-electron chi connectivity index (χ2n) is 6.61. The Labute approximate surface area is 152 Å². The van der Waals surface area contributed by atoms with Crippen LogP contribution in [0.3, 0.4) is 0 Å². The van der Waals surface area contributed by atoms with Gasteiger partial charge in [0.2, 0.25) is 0 Å². The van der Waals surface area contributed by atoms with E-state index in [1.807, 2.05) is 12.1 Å². The highest BCUT2D eigenvalue weighted by Crippen LogP contribution is 2.41. The Hall–Kier alpha value is -2.06. The van der Waals surface area contributed by atoms with E-state index >= 15 is 0 Å². The summed E-state index contributed by atoms with van der Waals surface area (Å²) in [6, 6.07) is 9.71. The Kier molecular flexibility index (Phi) is 5.22. The summed E-state index contributed by atoms with van der Waals surface area (Å²) in [7, 11) is 1.70. The van der Waals surface area contributed by atoms with Crippen molar-refractivity contribution in [1.82, 2.24) is 10.2 Å².